The van der Waals surface area contributed by atoms with Gasteiger partial charge in [-0.05, 0) is 24.6 Å². The van der Waals surface area contributed by atoms with Crippen molar-refractivity contribution in [1.29, 1.82) is 0 Å². The van der Waals surface area contributed by atoms with Gasteiger partial charge in [0, 0.05) is 5.56 Å². The zero-order chi connectivity index (χ0) is 18.7. The Labute approximate surface area is 147 Å². The molecule has 0 amide bonds. The van der Waals surface area contributed by atoms with Gasteiger partial charge in [-0.25, -0.2) is 10.5 Å². The maximum absolute atomic E-state index is 13.2. The predicted octanol–water partition coefficient (Wildman–Crippen LogP) is 4.05. The van der Waals surface area contributed by atoms with Crippen molar-refractivity contribution in [2.75, 3.05) is 17.8 Å². The lowest BCUT2D eigenvalue weighted by molar-refractivity contribution is -0.137. The molecule has 2 aromatic heterocycles. The van der Waals surface area contributed by atoms with Crippen molar-refractivity contribution < 1.29 is 18.0 Å². The first-order valence-corrected chi connectivity index (χ1v) is 7.89. The lowest BCUT2D eigenvalue weighted by Gasteiger charge is -2.13. The Balaban J connectivity index is 2.09. The lowest BCUT2D eigenvalue weighted by atomic mass is 10.0. The summed E-state index contributed by atoms with van der Waals surface area (Å²) in [4.78, 5) is 17.5. The molecule has 0 radical (unpaired) electrons. The third-order valence-corrected chi connectivity index (χ3v) is 3.56. The smallest absolute Gasteiger partial charge is 0.368 e. The molecular formula is C17H16F3N5O. The van der Waals surface area contributed by atoms with Crippen LogP contribution in [-0.4, -0.2) is 21.6 Å². The molecule has 0 bridgehead atoms. The van der Waals surface area contributed by atoms with Gasteiger partial charge in [0.15, 0.2) is 11.5 Å². The molecule has 3 aromatic rings. The van der Waals surface area contributed by atoms with E-state index in [4.69, 9.17) is 10.6 Å². The number of hydrogen-bond acceptors (Lipinski definition) is 6. The molecule has 3 rings (SSSR count). The number of halogens is 3. The normalized spacial score (nSPS) is 11.7. The molecule has 3 N–H and O–H groups in total. The highest BCUT2D eigenvalue weighted by Crippen LogP contribution is 2.36. The first-order valence-electron chi connectivity index (χ1n) is 7.89. The number of alkyl halides is 3. The van der Waals surface area contributed by atoms with Crippen LogP contribution in [0.1, 0.15) is 18.9 Å². The van der Waals surface area contributed by atoms with Crippen LogP contribution in [0.4, 0.5) is 24.9 Å². The molecule has 0 fully saturated rings. The molecule has 0 aliphatic rings. The molecule has 0 unspecified atom stereocenters. The second kappa shape index (κ2) is 7.12. The molecule has 0 aliphatic heterocycles. The maximum atomic E-state index is 13.2. The minimum atomic E-state index is -4.49. The predicted molar refractivity (Wildman–Crippen MR) is 92.0 cm³/mol. The summed E-state index contributed by atoms with van der Waals surface area (Å²) in [6.45, 7) is 2.40. The number of nitrogens with zero attached hydrogens (tertiary/aromatic N) is 3. The summed E-state index contributed by atoms with van der Waals surface area (Å²) in [7, 11) is 0. The number of nitrogens with one attached hydrogen (secondary N) is 1. The van der Waals surface area contributed by atoms with Crippen molar-refractivity contribution in [2.45, 2.75) is 19.5 Å². The fourth-order valence-electron chi connectivity index (χ4n) is 2.43. The van der Waals surface area contributed by atoms with E-state index < -0.39 is 11.7 Å². The summed E-state index contributed by atoms with van der Waals surface area (Å²) in [5.41, 5.74) is 7.87. The van der Waals surface area contributed by atoms with Gasteiger partial charge >= 0.3 is 6.18 Å². The lowest BCUT2D eigenvalue weighted by Crippen LogP contribution is -2.09. The van der Waals surface area contributed by atoms with Crippen LogP contribution in [-0.2, 0) is 11.0 Å². The molecule has 2 heterocycles. The molecule has 0 atom stereocenters. The number of aromatic nitrogens is 3. The van der Waals surface area contributed by atoms with E-state index in [2.05, 4.69) is 20.4 Å². The van der Waals surface area contributed by atoms with E-state index in [1.807, 2.05) is 6.92 Å². The van der Waals surface area contributed by atoms with Crippen LogP contribution >= 0.6 is 0 Å². The highest BCUT2D eigenvalue weighted by Gasteiger charge is 2.33. The number of nitrogens with two attached hydrogens (primary N) is 1. The summed E-state index contributed by atoms with van der Waals surface area (Å²) in [5, 5.41) is 0.489. The van der Waals surface area contributed by atoms with E-state index >= 15 is 0 Å². The Morgan fingerprint density at radius 3 is 2.58 bits per heavy atom. The third-order valence-electron chi connectivity index (χ3n) is 3.56. The summed E-state index contributed by atoms with van der Waals surface area (Å²) >= 11 is 0. The topological polar surface area (TPSA) is 86.0 Å². The highest BCUT2D eigenvalue weighted by molar-refractivity contribution is 5.88. The molecule has 0 spiro atoms. The zero-order valence-corrected chi connectivity index (χ0v) is 13.8. The molecule has 0 saturated carbocycles. The van der Waals surface area contributed by atoms with Gasteiger partial charge in [0.1, 0.15) is 0 Å². The van der Waals surface area contributed by atoms with Crippen LogP contribution in [0.25, 0.3) is 22.3 Å². The van der Waals surface area contributed by atoms with Crippen molar-refractivity contribution in [3.63, 3.8) is 0 Å². The summed E-state index contributed by atoms with van der Waals surface area (Å²) < 4.78 is 39.7. The van der Waals surface area contributed by atoms with Gasteiger partial charge in [-0.2, -0.15) is 23.1 Å². The fourth-order valence-corrected chi connectivity index (χ4v) is 2.43. The zero-order valence-electron chi connectivity index (χ0n) is 13.8. The van der Waals surface area contributed by atoms with Crippen molar-refractivity contribution in [2.24, 2.45) is 0 Å². The van der Waals surface area contributed by atoms with Crippen LogP contribution in [0, 0.1) is 0 Å². The Morgan fingerprint density at radius 2 is 1.85 bits per heavy atom. The Morgan fingerprint density at radius 1 is 1.08 bits per heavy atom. The number of nitrogen functional groups attached to an aromatic ring is 1. The van der Waals surface area contributed by atoms with E-state index in [9.17, 15) is 13.2 Å². The highest BCUT2D eigenvalue weighted by atomic mass is 19.4. The average Bonchev–Trinajstić information content (AvgIpc) is 2.60. The molecule has 0 saturated heterocycles. The minimum absolute atomic E-state index is 0.0316. The van der Waals surface area contributed by atoms with Crippen molar-refractivity contribution in [3.8, 4) is 11.3 Å². The van der Waals surface area contributed by atoms with Crippen molar-refractivity contribution in [3.05, 3.63) is 42.0 Å². The van der Waals surface area contributed by atoms with E-state index in [0.717, 1.165) is 12.5 Å². The largest absolute Gasteiger partial charge is 0.417 e. The average molecular weight is 363 g/mol. The van der Waals surface area contributed by atoms with Gasteiger partial charge in [-0.3, -0.25) is 4.84 Å². The Hall–Kier alpha value is -2.94. The quantitative estimate of drug-likeness (QED) is 0.525. The molecule has 1 aromatic carbocycles. The number of benzene rings is 1. The van der Waals surface area contributed by atoms with Gasteiger partial charge in [0.05, 0.1) is 23.3 Å². The van der Waals surface area contributed by atoms with E-state index in [-0.39, 0.29) is 22.9 Å². The number of pyridine rings is 1. The SMILES string of the molecule is CCCONc1nc(N)nc2nc(-c3ccccc3C(F)(F)F)ccc12. The molecule has 9 heteroatoms. The van der Waals surface area contributed by atoms with Crippen LogP contribution in [0.15, 0.2) is 36.4 Å². The van der Waals surface area contributed by atoms with E-state index in [1.165, 1.54) is 24.3 Å². The first kappa shape index (κ1) is 17.9. The fraction of sp³-hybridized carbons (Fsp3) is 0.235. The van der Waals surface area contributed by atoms with Crippen molar-refractivity contribution in [1.82, 2.24) is 15.0 Å². The van der Waals surface area contributed by atoms with Gasteiger partial charge < -0.3 is 5.73 Å². The Kier molecular flexibility index (Phi) is 4.90. The van der Waals surface area contributed by atoms with Gasteiger partial charge in [0.2, 0.25) is 5.95 Å². The van der Waals surface area contributed by atoms with E-state index in [0.29, 0.717) is 17.8 Å². The maximum Gasteiger partial charge on any atom is 0.417 e. The minimum Gasteiger partial charge on any atom is -0.368 e. The van der Waals surface area contributed by atoms with Crippen LogP contribution in [0.5, 0.6) is 0 Å². The number of anilines is 2. The van der Waals surface area contributed by atoms with Gasteiger partial charge in [-0.15, -0.1) is 0 Å². The van der Waals surface area contributed by atoms with Crippen molar-refractivity contribution >= 4 is 22.8 Å². The summed E-state index contributed by atoms with van der Waals surface area (Å²) in [6, 6.07) is 8.31. The van der Waals surface area contributed by atoms with E-state index in [1.54, 1.807) is 6.07 Å². The molecule has 0 aliphatic carbocycles. The molecule has 136 valence electrons. The number of fused-ring (bicyclic) bond motifs is 1. The van der Waals surface area contributed by atoms with Gasteiger partial charge in [-0.1, -0.05) is 25.1 Å². The monoisotopic (exact) mass is 363 g/mol. The molecule has 6 nitrogen and oxygen atoms in total. The molecular weight excluding hydrogens is 347 g/mol. The second-order valence-corrected chi connectivity index (χ2v) is 5.49. The van der Waals surface area contributed by atoms with Crippen LogP contribution in [0.2, 0.25) is 0 Å². The number of hydrogen-bond donors (Lipinski definition) is 2. The molecule has 26 heavy (non-hydrogen) atoms. The second-order valence-electron chi connectivity index (χ2n) is 5.49. The number of rotatable bonds is 5. The Bertz CT molecular complexity index is 930. The standard InChI is InChI=1S/C17H16F3N5O/c1-2-9-26-25-15-11-7-8-13(22-14(11)23-16(21)24-15)10-5-3-4-6-12(10)17(18,19)20/h3-8H,2,9H2,1H3,(H3,21,22,23,24,25). The summed E-state index contributed by atoms with van der Waals surface area (Å²) in [5.74, 6) is 0.248. The van der Waals surface area contributed by atoms with Crippen LogP contribution in [0.3, 0.4) is 0 Å². The van der Waals surface area contributed by atoms with Gasteiger partial charge in [0.25, 0.3) is 0 Å². The van der Waals surface area contributed by atoms with Crippen LogP contribution < -0.4 is 11.2 Å². The summed E-state index contributed by atoms with van der Waals surface area (Å²) in [6.07, 6.45) is -3.69. The third kappa shape index (κ3) is 3.67. The first-order chi connectivity index (χ1) is 12.4.